The van der Waals surface area contributed by atoms with Crippen LogP contribution in [0, 0.1) is 0 Å². The molecule has 0 saturated carbocycles. The third-order valence-corrected chi connectivity index (χ3v) is 4.66. The van der Waals surface area contributed by atoms with E-state index in [1.54, 1.807) is 18.7 Å². The predicted molar refractivity (Wildman–Crippen MR) is 84.2 cm³/mol. The molecule has 0 spiro atoms. The first-order chi connectivity index (χ1) is 9.52. The number of benzene rings is 1. The Bertz CT molecular complexity index is 596. The quantitative estimate of drug-likeness (QED) is 0.849. The summed E-state index contributed by atoms with van der Waals surface area (Å²) in [6.45, 7) is 3.83. The van der Waals surface area contributed by atoms with Gasteiger partial charge in [-0.15, -0.1) is 11.8 Å². The molecule has 0 amide bonds. The molecular weight excluding hydrogens is 292 g/mol. The first kappa shape index (κ1) is 15.4. The zero-order valence-electron chi connectivity index (χ0n) is 11.9. The number of aryl methyl sites for hydroxylation is 2. The number of aromatic nitrogens is 2. The lowest BCUT2D eigenvalue weighted by molar-refractivity contribution is 0.199. The first-order valence-corrected chi connectivity index (χ1v) is 8.00. The van der Waals surface area contributed by atoms with Gasteiger partial charge in [0.15, 0.2) is 0 Å². The van der Waals surface area contributed by atoms with Gasteiger partial charge in [0.2, 0.25) is 0 Å². The van der Waals surface area contributed by atoms with Crippen LogP contribution in [0.5, 0.6) is 0 Å². The number of hydrogen-bond acceptors (Lipinski definition) is 3. The Kier molecular flexibility index (Phi) is 5.13. The van der Waals surface area contributed by atoms with Gasteiger partial charge in [-0.25, -0.2) is 0 Å². The van der Waals surface area contributed by atoms with Crippen molar-refractivity contribution in [2.24, 2.45) is 7.05 Å². The molecule has 1 heterocycles. The molecule has 0 bridgehead atoms. The Morgan fingerprint density at radius 2 is 2.20 bits per heavy atom. The molecule has 1 unspecified atom stereocenters. The molecule has 2 aromatic rings. The van der Waals surface area contributed by atoms with Crippen molar-refractivity contribution in [3.05, 3.63) is 46.2 Å². The van der Waals surface area contributed by atoms with E-state index in [4.69, 9.17) is 11.6 Å². The maximum absolute atomic E-state index is 9.61. The molecule has 1 aromatic carbocycles. The minimum absolute atomic E-state index is 0.442. The lowest BCUT2D eigenvalue weighted by Crippen LogP contribution is -1.97. The van der Waals surface area contributed by atoms with Crippen molar-refractivity contribution in [1.29, 1.82) is 0 Å². The summed E-state index contributed by atoms with van der Waals surface area (Å²) in [4.78, 5) is 1.12. The summed E-state index contributed by atoms with van der Waals surface area (Å²) in [5, 5.41) is 14.8. The van der Waals surface area contributed by atoms with Crippen molar-refractivity contribution >= 4 is 23.4 Å². The monoisotopic (exact) mass is 310 g/mol. The standard InChI is InChI=1S/C15H19ClN2OS/c1-4-13-15(16)14(18(3)17-13)9-20-12-7-5-6-11(8-12)10(2)19/h5-8,10,19H,4,9H2,1-3H3. The molecule has 5 heteroatoms. The average Bonchev–Trinajstić information content (AvgIpc) is 2.71. The van der Waals surface area contributed by atoms with Crippen LogP contribution >= 0.6 is 23.4 Å². The molecule has 0 aliphatic heterocycles. The molecule has 0 aliphatic carbocycles. The number of aliphatic hydroxyl groups excluding tert-OH is 1. The summed E-state index contributed by atoms with van der Waals surface area (Å²) in [6, 6.07) is 7.95. The van der Waals surface area contributed by atoms with E-state index in [0.717, 1.165) is 39.0 Å². The van der Waals surface area contributed by atoms with Crippen molar-refractivity contribution in [1.82, 2.24) is 9.78 Å². The van der Waals surface area contributed by atoms with Crippen molar-refractivity contribution in [2.75, 3.05) is 0 Å². The highest BCUT2D eigenvalue weighted by atomic mass is 35.5. The Balaban J connectivity index is 2.13. The van der Waals surface area contributed by atoms with Gasteiger partial charge in [-0.2, -0.15) is 5.10 Å². The Hall–Kier alpha value is -0.970. The van der Waals surface area contributed by atoms with E-state index in [-0.39, 0.29) is 0 Å². The van der Waals surface area contributed by atoms with Crippen LogP contribution in [0.2, 0.25) is 5.02 Å². The lowest BCUT2D eigenvalue weighted by atomic mass is 10.1. The van der Waals surface area contributed by atoms with Gasteiger partial charge < -0.3 is 5.11 Å². The van der Waals surface area contributed by atoms with Crippen molar-refractivity contribution in [3.63, 3.8) is 0 Å². The molecule has 108 valence electrons. The molecule has 3 nitrogen and oxygen atoms in total. The van der Waals surface area contributed by atoms with Gasteiger partial charge in [0.25, 0.3) is 0 Å². The van der Waals surface area contributed by atoms with Gasteiger partial charge >= 0.3 is 0 Å². The van der Waals surface area contributed by atoms with Crippen LogP contribution in [-0.2, 0) is 19.2 Å². The summed E-state index contributed by atoms with van der Waals surface area (Å²) >= 11 is 8.04. The van der Waals surface area contributed by atoms with Crippen molar-refractivity contribution < 1.29 is 5.11 Å². The van der Waals surface area contributed by atoms with Gasteiger partial charge in [0.1, 0.15) is 0 Å². The zero-order valence-corrected chi connectivity index (χ0v) is 13.5. The molecule has 0 aliphatic rings. The largest absolute Gasteiger partial charge is 0.389 e. The van der Waals surface area contributed by atoms with E-state index in [2.05, 4.69) is 12.0 Å². The smallest absolute Gasteiger partial charge is 0.0858 e. The predicted octanol–water partition coefficient (Wildman–Crippen LogP) is 3.98. The fraction of sp³-hybridized carbons (Fsp3) is 0.400. The molecular formula is C15H19ClN2OS. The van der Waals surface area contributed by atoms with Gasteiger partial charge in [-0.3, -0.25) is 4.68 Å². The molecule has 0 saturated heterocycles. The van der Waals surface area contributed by atoms with Crippen molar-refractivity contribution in [2.45, 2.75) is 37.0 Å². The summed E-state index contributed by atoms with van der Waals surface area (Å²) in [5.74, 6) is 0.769. The SMILES string of the molecule is CCc1nn(C)c(CSc2cccc(C(C)O)c2)c1Cl. The van der Waals surface area contributed by atoms with Crippen LogP contribution < -0.4 is 0 Å². The number of nitrogens with zero attached hydrogens (tertiary/aromatic N) is 2. The third kappa shape index (κ3) is 3.37. The fourth-order valence-corrected chi connectivity index (χ4v) is 3.46. The van der Waals surface area contributed by atoms with E-state index in [0.29, 0.717) is 0 Å². The van der Waals surface area contributed by atoms with Crippen LogP contribution in [0.3, 0.4) is 0 Å². The maximum Gasteiger partial charge on any atom is 0.0858 e. The molecule has 0 radical (unpaired) electrons. The molecule has 20 heavy (non-hydrogen) atoms. The highest BCUT2D eigenvalue weighted by molar-refractivity contribution is 7.98. The van der Waals surface area contributed by atoms with Gasteiger partial charge in [0, 0.05) is 17.7 Å². The van der Waals surface area contributed by atoms with Crippen molar-refractivity contribution in [3.8, 4) is 0 Å². The number of rotatable bonds is 5. The Morgan fingerprint density at radius 3 is 2.80 bits per heavy atom. The molecule has 1 aromatic heterocycles. The lowest BCUT2D eigenvalue weighted by Gasteiger charge is -2.07. The summed E-state index contributed by atoms with van der Waals surface area (Å²) in [6.07, 6.45) is 0.400. The topological polar surface area (TPSA) is 38.0 Å². The number of aliphatic hydroxyl groups is 1. The first-order valence-electron chi connectivity index (χ1n) is 6.64. The number of hydrogen-bond donors (Lipinski definition) is 1. The molecule has 1 N–H and O–H groups in total. The molecule has 0 fully saturated rings. The second-order valence-electron chi connectivity index (χ2n) is 4.72. The highest BCUT2D eigenvalue weighted by Gasteiger charge is 2.13. The van der Waals surface area contributed by atoms with Gasteiger partial charge in [-0.1, -0.05) is 30.7 Å². The van der Waals surface area contributed by atoms with E-state index in [1.807, 2.05) is 36.0 Å². The maximum atomic E-state index is 9.61. The second kappa shape index (κ2) is 6.66. The van der Waals surface area contributed by atoms with E-state index in [1.165, 1.54) is 0 Å². The molecule has 1 atom stereocenters. The fourth-order valence-electron chi connectivity index (χ4n) is 1.99. The highest BCUT2D eigenvalue weighted by Crippen LogP contribution is 2.29. The van der Waals surface area contributed by atoms with E-state index in [9.17, 15) is 5.11 Å². The van der Waals surface area contributed by atoms with Gasteiger partial charge in [-0.05, 0) is 31.0 Å². The zero-order chi connectivity index (χ0) is 14.7. The van der Waals surface area contributed by atoms with Crippen LogP contribution in [0.1, 0.15) is 36.9 Å². The summed E-state index contributed by atoms with van der Waals surface area (Å²) in [7, 11) is 1.92. The minimum atomic E-state index is -0.442. The molecule has 2 rings (SSSR count). The van der Waals surface area contributed by atoms with E-state index < -0.39 is 6.10 Å². The van der Waals surface area contributed by atoms with Crippen LogP contribution in [0.4, 0.5) is 0 Å². The second-order valence-corrected chi connectivity index (χ2v) is 6.15. The number of thioether (sulfide) groups is 1. The van der Waals surface area contributed by atoms with Crippen LogP contribution in [0.25, 0.3) is 0 Å². The van der Waals surface area contributed by atoms with E-state index >= 15 is 0 Å². The normalized spacial score (nSPS) is 12.7. The summed E-state index contributed by atoms with van der Waals surface area (Å²) < 4.78 is 1.85. The Morgan fingerprint density at radius 1 is 1.45 bits per heavy atom. The number of halogens is 1. The average molecular weight is 311 g/mol. The van der Waals surface area contributed by atoms with Crippen LogP contribution in [0.15, 0.2) is 29.2 Å². The van der Waals surface area contributed by atoms with Gasteiger partial charge in [0.05, 0.1) is 22.5 Å². The Labute approximate surface area is 129 Å². The third-order valence-electron chi connectivity index (χ3n) is 3.22. The minimum Gasteiger partial charge on any atom is -0.389 e. The summed E-state index contributed by atoms with van der Waals surface area (Å²) in [5.41, 5.74) is 2.92. The van der Waals surface area contributed by atoms with Crippen LogP contribution in [-0.4, -0.2) is 14.9 Å².